The van der Waals surface area contributed by atoms with Gasteiger partial charge in [-0.3, -0.25) is 10.1 Å². The van der Waals surface area contributed by atoms with E-state index in [2.05, 4.69) is 12.2 Å². The first-order chi connectivity index (χ1) is 9.89. The van der Waals surface area contributed by atoms with Crippen molar-refractivity contribution in [2.24, 2.45) is 11.7 Å². The summed E-state index contributed by atoms with van der Waals surface area (Å²) in [5.41, 5.74) is 5.95. The largest absolute Gasteiger partial charge is 0.372 e. The molecule has 2 unspecified atom stereocenters. The van der Waals surface area contributed by atoms with Crippen molar-refractivity contribution >= 4 is 34.6 Å². The number of nitrogens with zero attached hydrogens (tertiary/aromatic N) is 1. The van der Waals surface area contributed by atoms with Gasteiger partial charge < -0.3 is 11.1 Å². The summed E-state index contributed by atoms with van der Waals surface area (Å²) >= 11 is 11.9. The monoisotopic (exact) mass is 331 g/mol. The number of anilines is 1. The summed E-state index contributed by atoms with van der Waals surface area (Å²) in [6.07, 6.45) is 4.17. The van der Waals surface area contributed by atoms with Crippen LogP contribution in [0.1, 0.15) is 32.6 Å². The molecule has 1 aromatic carbocycles. The Kier molecular flexibility index (Phi) is 4.96. The smallest absolute Gasteiger partial charge is 0.293 e. The van der Waals surface area contributed by atoms with E-state index >= 15 is 0 Å². The van der Waals surface area contributed by atoms with Crippen LogP contribution in [0.4, 0.5) is 11.4 Å². The first kappa shape index (κ1) is 16.3. The maximum Gasteiger partial charge on any atom is 0.293 e. The van der Waals surface area contributed by atoms with Gasteiger partial charge in [0.1, 0.15) is 5.69 Å². The number of nitro benzene ring substituents is 1. The maximum absolute atomic E-state index is 11.2. The van der Waals surface area contributed by atoms with Crippen LogP contribution < -0.4 is 11.1 Å². The Labute approximate surface area is 133 Å². The molecular formula is C14H19Cl2N3O2. The zero-order valence-corrected chi connectivity index (χ0v) is 13.4. The lowest BCUT2D eigenvalue weighted by Gasteiger charge is -2.43. The summed E-state index contributed by atoms with van der Waals surface area (Å²) in [5.74, 6) is 0.338. The highest BCUT2D eigenvalue weighted by atomic mass is 35.5. The lowest BCUT2D eigenvalue weighted by atomic mass is 9.73. The van der Waals surface area contributed by atoms with Crippen molar-refractivity contribution in [1.29, 1.82) is 0 Å². The molecule has 0 amide bonds. The Hall–Kier alpha value is -1.04. The average molecular weight is 332 g/mol. The van der Waals surface area contributed by atoms with Gasteiger partial charge >= 0.3 is 0 Å². The average Bonchev–Trinajstić information content (AvgIpc) is 2.45. The molecule has 0 saturated heterocycles. The van der Waals surface area contributed by atoms with E-state index < -0.39 is 4.92 Å². The number of nitrogens with one attached hydrogen (secondary N) is 1. The molecule has 0 bridgehead atoms. The third-order valence-electron chi connectivity index (χ3n) is 4.44. The molecule has 7 heteroatoms. The van der Waals surface area contributed by atoms with Crippen LogP contribution in [-0.2, 0) is 0 Å². The topological polar surface area (TPSA) is 81.2 Å². The summed E-state index contributed by atoms with van der Waals surface area (Å²) in [6, 6.07) is 2.80. The Morgan fingerprint density at radius 1 is 1.43 bits per heavy atom. The number of rotatable bonds is 4. The van der Waals surface area contributed by atoms with Crippen molar-refractivity contribution < 1.29 is 4.92 Å². The Morgan fingerprint density at radius 2 is 2.10 bits per heavy atom. The minimum atomic E-state index is -0.456. The van der Waals surface area contributed by atoms with E-state index in [-0.39, 0.29) is 16.2 Å². The zero-order chi connectivity index (χ0) is 15.6. The van der Waals surface area contributed by atoms with E-state index in [0.29, 0.717) is 23.2 Å². The van der Waals surface area contributed by atoms with Gasteiger partial charge in [-0.05, 0) is 24.8 Å². The van der Waals surface area contributed by atoms with Gasteiger partial charge in [0.05, 0.1) is 20.5 Å². The quantitative estimate of drug-likeness (QED) is 0.639. The first-order valence-corrected chi connectivity index (χ1v) is 7.77. The van der Waals surface area contributed by atoms with E-state index in [9.17, 15) is 10.1 Å². The number of hydrogen-bond acceptors (Lipinski definition) is 4. The molecule has 0 heterocycles. The predicted octanol–water partition coefficient (Wildman–Crippen LogP) is 4.22. The van der Waals surface area contributed by atoms with Crippen LogP contribution in [-0.4, -0.2) is 17.0 Å². The molecule has 5 nitrogen and oxygen atoms in total. The molecule has 1 fully saturated rings. The molecule has 21 heavy (non-hydrogen) atoms. The van der Waals surface area contributed by atoms with Crippen molar-refractivity contribution in [2.75, 3.05) is 11.9 Å². The third-order valence-corrected chi connectivity index (χ3v) is 5.16. The van der Waals surface area contributed by atoms with Crippen molar-refractivity contribution in [3.63, 3.8) is 0 Å². The van der Waals surface area contributed by atoms with Gasteiger partial charge in [0.15, 0.2) is 0 Å². The summed E-state index contributed by atoms with van der Waals surface area (Å²) in [6.45, 7) is 2.55. The van der Waals surface area contributed by atoms with E-state index in [1.165, 1.54) is 12.1 Å². The lowest BCUT2D eigenvalue weighted by molar-refractivity contribution is -0.384. The van der Waals surface area contributed by atoms with E-state index in [0.717, 1.165) is 25.7 Å². The summed E-state index contributed by atoms with van der Waals surface area (Å²) < 4.78 is 0. The zero-order valence-electron chi connectivity index (χ0n) is 11.9. The highest BCUT2D eigenvalue weighted by Crippen LogP contribution is 2.40. The molecule has 1 aliphatic rings. The Bertz CT molecular complexity index is 553. The second-order valence-electron chi connectivity index (χ2n) is 5.67. The molecule has 2 rings (SSSR count). The molecule has 0 radical (unpaired) electrons. The normalized spacial score (nSPS) is 25.6. The minimum Gasteiger partial charge on any atom is -0.372 e. The molecule has 0 spiro atoms. The van der Waals surface area contributed by atoms with Crippen molar-refractivity contribution in [2.45, 2.75) is 38.1 Å². The van der Waals surface area contributed by atoms with Gasteiger partial charge in [-0.1, -0.05) is 43.0 Å². The molecule has 0 aromatic heterocycles. The van der Waals surface area contributed by atoms with E-state index in [4.69, 9.17) is 28.9 Å². The SMILES string of the molecule is CC1CCCCC1(CN)Nc1cc(Cl)c(Cl)cc1[N+](=O)[O-]. The number of nitrogens with two attached hydrogens (primary N) is 1. The van der Waals surface area contributed by atoms with Crippen molar-refractivity contribution in [1.82, 2.24) is 0 Å². The molecule has 1 saturated carbocycles. The molecule has 0 aliphatic heterocycles. The fourth-order valence-corrected chi connectivity index (χ4v) is 3.33. The van der Waals surface area contributed by atoms with Crippen molar-refractivity contribution in [3.8, 4) is 0 Å². The fourth-order valence-electron chi connectivity index (χ4n) is 3.01. The summed E-state index contributed by atoms with van der Waals surface area (Å²) in [7, 11) is 0. The molecule has 2 atom stereocenters. The second kappa shape index (κ2) is 6.38. The van der Waals surface area contributed by atoms with Gasteiger partial charge in [0, 0.05) is 12.6 Å². The van der Waals surface area contributed by atoms with E-state index in [1.807, 2.05) is 0 Å². The van der Waals surface area contributed by atoms with Crippen LogP contribution in [0.25, 0.3) is 0 Å². The lowest BCUT2D eigenvalue weighted by Crippen LogP contribution is -2.52. The number of nitro groups is 1. The maximum atomic E-state index is 11.2. The second-order valence-corrected chi connectivity index (χ2v) is 6.49. The van der Waals surface area contributed by atoms with Gasteiger partial charge in [-0.25, -0.2) is 0 Å². The van der Waals surface area contributed by atoms with Gasteiger partial charge in [-0.2, -0.15) is 0 Å². The number of benzene rings is 1. The standard InChI is InChI=1S/C14H19Cl2N3O2/c1-9-4-2-3-5-14(9,8-17)18-12-6-10(15)11(16)7-13(12)19(20)21/h6-7,9,18H,2-5,8,17H2,1H3. The molecule has 1 aromatic rings. The molecule has 1 aliphatic carbocycles. The number of halogens is 2. The van der Waals surface area contributed by atoms with Crippen LogP contribution in [0.2, 0.25) is 10.0 Å². The van der Waals surface area contributed by atoms with Crippen LogP contribution in [0, 0.1) is 16.0 Å². The van der Waals surface area contributed by atoms with Gasteiger partial charge in [0.25, 0.3) is 5.69 Å². The Morgan fingerprint density at radius 3 is 2.67 bits per heavy atom. The molecule has 116 valence electrons. The van der Waals surface area contributed by atoms with Crippen molar-refractivity contribution in [3.05, 3.63) is 32.3 Å². The van der Waals surface area contributed by atoms with Crippen LogP contribution in [0.3, 0.4) is 0 Å². The fraction of sp³-hybridized carbons (Fsp3) is 0.571. The van der Waals surface area contributed by atoms with Crippen LogP contribution >= 0.6 is 23.2 Å². The van der Waals surface area contributed by atoms with Gasteiger partial charge in [-0.15, -0.1) is 0 Å². The minimum absolute atomic E-state index is 0.0741. The highest BCUT2D eigenvalue weighted by molar-refractivity contribution is 6.42. The summed E-state index contributed by atoms with van der Waals surface area (Å²) in [4.78, 5) is 10.8. The number of hydrogen-bond donors (Lipinski definition) is 2. The molecule has 3 N–H and O–H groups in total. The highest BCUT2D eigenvalue weighted by Gasteiger charge is 2.38. The van der Waals surface area contributed by atoms with Crippen LogP contribution in [0.15, 0.2) is 12.1 Å². The van der Waals surface area contributed by atoms with Crippen LogP contribution in [0.5, 0.6) is 0 Å². The Balaban J connectivity index is 2.41. The third kappa shape index (κ3) is 3.25. The first-order valence-electron chi connectivity index (χ1n) is 7.01. The molecular weight excluding hydrogens is 313 g/mol. The summed E-state index contributed by atoms with van der Waals surface area (Å²) in [5, 5.41) is 15.0. The predicted molar refractivity (Wildman–Crippen MR) is 86.2 cm³/mol. The van der Waals surface area contributed by atoms with Gasteiger partial charge in [0.2, 0.25) is 0 Å². The van der Waals surface area contributed by atoms with E-state index in [1.54, 1.807) is 0 Å².